The lowest BCUT2D eigenvalue weighted by molar-refractivity contribution is 0.626. The van der Waals surface area contributed by atoms with Crippen molar-refractivity contribution in [1.82, 2.24) is 14.6 Å². The van der Waals surface area contributed by atoms with Gasteiger partial charge in [0.15, 0.2) is 0 Å². The zero-order chi connectivity index (χ0) is 15.7. The van der Waals surface area contributed by atoms with E-state index in [4.69, 9.17) is 15.8 Å². The van der Waals surface area contributed by atoms with Crippen LogP contribution in [0.5, 0.6) is 0 Å². The Kier molecular flexibility index (Phi) is 4.27. The van der Waals surface area contributed by atoms with Gasteiger partial charge < -0.3 is 5.73 Å². The average molecular weight is 314 g/mol. The highest BCUT2D eigenvalue weighted by Gasteiger charge is 2.15. The summed E-state index contributed by atoms with van der Waals surface area (Å²) >= 11 is 1.70. The molecule has 0 aliphatic rings. The van der Waals surface area contributed by atoms with E-state index in [1.165, 1.54) is 5.01 Å². The summed E-state index contributed by atoms with van der Waals surface area (Å²) in [4.78, 5) is 5.68. The Labute approximate surface area is 135 Å². The molecule has 3 aromatic rings. The van der Waals surface area contributed by atoms with Crippen LogP contribution in [0.1, 0.15) is 56.1 Å². The van der Waals surface area contributed by atoms with E-state index in [0.717, 1.165) is 34.6 Å². The average Bonchev–Trinajstić information content (AvgIpc) is 3.07. The third-order valence-electron chi connectivity index (χ3n) is 4.13. The van der Waals surface area contributed by atoms with E-state index in [1.54, 1.807) is 11.3 Å². The second kappa shape index (κ2) is 6.18. The largest absolute Gasteiger partial charge is 0.324 e. The van der Waals surface area contributed by atoms with E-state index in [0.29, 0.717) is 5.92 Å². The van der Waals surface area contributed by atoms with Crippen molar-refractivity contribution in [2.75, 3.05) is 0 Å². The van der Waals surface area contributed by atoms with Gasteiger partial charge in [0.25, 0.3) is 0 Å². The SMILES string of the molecule is CCC(CC)c1nn2cc(-c3ccc(C(C)N)cc3)nc2s1. The first kappa shape index (κ1) is 15.2. The first-order valence-corrected chi connectivity index (χ1v) is 8.66. The number of benzene rings is 1. The van der Waals surface area contributed by atoms with Crippen LogP contribution >= 0.6 is 11.3 Å². The second-order valence-electron chi connectivity index (χ2n) is 5.72. The van der Waals surface area contributed by atoms with E-state index < -0.39 is 0 Å². The first-order chi connectivity index (χ1) is 10.6. The number of aromatic nitrogens is 3. The van der Waals surface area contributed by atoms with Gasteiger partial charge in [0.1, 0.15) is 5.01 Å². The smallest absolute Gasteiger partial charge is 0.212 e. The molecule has 0 amide bonds. The minimum atomic E-state index is 0.0591. The van der Waals surface area contributed by atoms with Gasteiger partial charge in [0.05, 0.1) is 11.9 Å². The lowest BCUT2D eigenvalue weighted by atomic mass is 10.1. The number of hydrogen-bond donors (Lipinski definition) is 1. The van der Waals surface area contributed by atoms with Crippen molar-refractivity contribution in [1.29, 1.82) is 0 Å². The zero-order valence-corrected chi connectivity index (χ0v) is 14.1. The van der Waals surface area contributed by atoms with E-state index in [2.05, 4.69) is 38.1 Å². The third kappa shape index (κ3) is 2.78. The van der Waals surface area contributed by atoms with Crippen molar-refractivity contribution in [2.45, 2.75) is 45.6 Å². The van der Waals surface area contributed by atoms with Crippen LogP contribution in [-0.2, 0) is 0 Å². The Morgan fingerprint density at radius 1 is 1.18 bits per heavy atom. The van der Waals surface area contributed by atoms with E-state index in [-0.39, 0.29) is 6.04 Å². The molecule has 2 N–H and O–H groups in total. The molecule has 0 aliphatic carbocycles. The minimum absolute atomic E-state index is 0.0591. The molecule has 5 heteroatoms. The van der Waals surface area contributed by atoms with E-state index in [9.17, 15) is 0 Å². The molecule has 0 bridgehead atoms. The van der Waals surface area contributed by atoms with Crippen LogP contribution in [0.3, 0.4) is 0 Å². The molecule has 0 aliphatic heterocycles. The number of nitrogens with zero attached hydrogens (tertiary/aromatic N) is 3. The van der Waals surface area contributed by atoms with Crippen molar-refractivity contribution in [2.24, 2.45) is 5.73 Å². The number of hydrogen-bond acceptors (Lipinski definition) is 4. The number of imidazole rings is 1. The summed E-state index contributed by atoms with van der Waals surface area (Å²) < 4.78 is 1.91. The molecule has 0 spiro atoms. The quantitative estimate of drug-likeness (QED) is 0.760. The van der Waals surface area contributed by atoms with Crippen LogP contribution in [0, 0.1) is 0 Å². The molecule has 22 heavy (non-hydrogen) atoms. The Bertz CT molecular complexity index is 719. The van der Waals surface area contributed by atoms with Crippen LogP contribution in [0.4, 0.5) is 0 Å². The van der Waals surface area contributed by atoms with Crippen LogP contribution < -0.4 is 5.73 Å². The van der Waals surface area contributed by atoms with E-state index >= 15 is 0 Å². The molecule has 0 saturated heterocycles. The molecule has 0 fully saturated rings. The van der Waals surface area contributed by atoms with Gasteiger partial charge in [0, 0.05) is 17.5 Å². The fraction of sp³-hybridized carbons (Fsp3) is 0.412. The number of nitrogens with two attached hydrogens (primary N) is 1. The van der Waals surface area contributed by atoms with Gasteiger partial charge >= 0.3 is 0 Å². The minimum Gasteiger partial charge on any atom is -0.324 e. The van der Waals surface area contributed by atoms with Crippen molar-refractivity contribution in [3.63, 3.8) is 0 Å². The number of rotatable bonds is 5. The molecular formula is C17H22N4S. The summed E-state index contributed by atoms with van der Waals surface area (Å²) in [5, 5.41) is 5.89. The molecule has 2 heterocycles. The molecule has 116 valence electrons. The highest BCUT2D eigenvalue weighted by molar-refractivity contribution is 7.16. The maximum Gasteiger partial charge on any atom is 0.212 e. The molecule has 1 unspecified atom stereocenters. The van der Waals surface area contributed by atoms with Crippen molar-refractivity contribution < 1.29 is 0 Å². The van der Waals surface area contributed by atoms with Crippen molar-refractivity contribution in [3.8, 4) is 11.3 Å². The Morgan fingerprint density at radius 2 is 1.86 bits per heavy atom. The molecule has 1 atom stereocenters. The van der Waals surface area contributed by atoms with Gasteiger partial charge in [-0.05, 0) is 25.3 Å². The van der Waals surface area contributed by atoms with Crippen molar-refractivity contribution in [3.05, 3.63) is 41.0 Å². The summed E-state index contributed by atoms with van der Waals surface area (Å²) in [6, 6.07) is 8.34. The maximum atomic E-state index is 5.89. The Morgan fingerprint density at radius 3 is 2.41 bits per heavy atom. The molecule has 1 aromatic carbocycles. The second-order valence-corrected chi connectivity index (χ2v) is 6.71. The zero-order valence-electron chi connectivity index (χ0n) is 13.3. The molecule has 2 aromatic heterocycles. The summed E-state index contributed by atoms with van der Waals surface area (Å²) in [7, 11) is 0. The lowest BCUT2D eigenvalue weighted by Crippen LogP contribution is -2.04. The molecular weight excluding hydrogens is 292 g/mol. The van der Waals surface area contributed by atoms with Gasteiger partial charge in [-0.1, -0.05) is 49.4 Å². The van der Waals surface area contributed by atoms with Gasteiger partial charge in [0.2, 0.25) is 4.96 Å². The van der Waals surface area contributed by atoms with Crippen LogP contribution in [0.15, 0.2) is 30.5 Å². The molecule has 0 radical (unpaired) electrons. The summed E-state index contributed by atoms with van der Waals surface area (Å²) in [5.74, 6) is 0.542. The van der Waals surface area contributed by atoms with Gasteiger partial charge in [-0.3, -0.25) is 0 Å². The fourth-order valence-corrected chi connectivity index (χ4v) is 3.76. The molecule has 3 rings (SSSR count). The monoisotopic (exact) mass is 314 g/mol. The number of fused-ring (bicyclic) bond motifs is 1. The third-order valence-corrected chi connectivity index (χ3v) is 5.21. The summed E-state index contributed by atoms with van der Waals surface area (Å²) in [5.41, 5.74) is 9.10. The molecule has 0 saturated carbocycles. The topological polar surface area (TPSA) is 56.2 Å². The highest BCUT2D eigenvalue weighted by Crippen LogP contribution is 2.29. The predicted octanol–water partition coefficient (Wildman–Crippen LogP) is 4.38. The molecule has 4 nitrogen and oxygen atoms in total. The van der Waals surface area contributed by atoms with Crippen molar-refractivity contribution >= 4 is 16.3 Å². The fourth-order valence-electron chi connectivity index (χ4n) is 2.61. The van der Waals surface area contributed by atoms with Crippen LogP contribution in [-0.4, -0.2) is 14.6 Å². The maximum absolute atomic E-state index is 5.89. The van der Waals surface area contributed by atoms with Gasteiger partial charge in [-0.2, -0.15) is 5.10 Å². The Hall–Kier alpha value is -1.72. The van der Waals surface area contributed by atoms with E-state index in [1.807, 2.05) is 17.6 Å². The van der Waals surface area contributed by atoms with Gasteiger partial charge in [-0.15, -0.1) is 0 Å². The standard InChI is InChI=1S/C17H22N4S/c1-4-12(5-2)16-20-21-10-15(19-17(21)22-16)14-8-6-13(7-9-14)11(3)18/h6-12H,4-5,18H2,1-3H3. The van der Waals surface area contributed by atoms with Gasteiger partial charge in [-0.25, -0.2) is 9.50 Å². The predicted molar refractivity (Wildman–Crippen MR) is 92.2 cm³/mol. The summed E-state index contributed by atoms with van der Waals surface area (Å²) in [6.45, 7) is 6.42. The lowest BCUT2D eigenvalue weighted by Gasteiger charge is -2.06. The Balaban J connectivity index is 1.90. The summed E-state index contributed by atoms with van der Waals surface area (Å²) in [6.07, 6.45) is 4.26. The van der Waals surface area contributed by atoms with Crippen LogP contribution in [0.25, 0.3) is 16.2 Å². The van der Waals surface area contributed by atoms with Crippen LogP contribution in [0.2, 0.25) is 0 Å². The normalized spacial score (nSPS) is 13.1. The highest BCUT2D eigenvalue weighted by atomic mass is 32.1. The first-order valence-electron chi connectivity index (χ1n) is 7.84.